The summed E-state index contributed by atoms with van der Waals surface area (Å²) in [5.74, 6) is -0.759. The first-order valence-electron chi connectivity index (χ1n) is 6.14. The number of hydrogen-bond acceptors (Lipinski definition) is 3. The van der Waals surface area contributed by atoms with Crippen molar-refractivity contribution in [1.29, 1.82) is 0 Å². The van der Waals surface area contributed by atoms with Crippen LogP contribution < -0.4 is 5.32 Å². The van der Waals surface area contributed by atoms with Crippen molar-refractivity contribution < 1.29 is 9.90 Å². The van der Waals surface area contributed by atoms with Gasteiger partial charge in [0.25, 0.3) is 0 Å². The summed E-state index contributed by atoms with van der Waals surface area (Å²) in [6, 6.07) is 0.308. The van der Waals surface area contributed by atoms with Gasteiger partial charge in [-0.3, -0.25) is 14.8 Å². The SMILES string of the molecule is CC(C)NC1(C(=O)O)CCC(n2cc(Br)cn2)C1. The number of halogens is 1. The number of nitrogens with zero attached hydrogens (tertiary/aromatic N) is 2. The van der Waals surface area contributed by atoms with Gasteiger partial charge < -0.3 is 5.11 Å². The molecule has 0 bridgehead atoms. The summed E-state index contributed by atoms with van der Waals surface area (Å²) in [6.45, 7) is 3.95. The average molecular weight is 316 g/mol. The lowest BCUT2D eigenvalue weighted by molar-refractivity contribution is -0.145. The molecule has 5 nitrogen and oxygen atoms in total. The third-order valence-electron chi connectivity index (χ3n) is 3.41. The molecule has 1 aromatic heterocycles. The second-order valence-corrected chi connectivity index (χ2v) is 6.14. The summed E-state index contributed by atoms with van der Waals surface area (Å²) in [5, 5.41) is 16.9. The van der Waals surface area contributed by atoms with Crippen LogP contribution in [0.5, 0.6) is 0 Å². The highest BCUT2D eigenvalue weighted by molar-refractivity contribution is 9.10. The van der Waals surface area contributed by atoms with Crippen LogP contribution in [0.2, 0.25) is 0 Å². The number of nitrogens with one attached hydrogen (secondary N) is 1. The van der Waals surface area contributed by atoms with Crippen molar-refractivity contribution >= 4 is 21.9 Å². The number of aliphatic carboxylic acids is 1. The molecule has 0 radical (unpaired) electrons. The lowest BCUT2D eigenvalue weighted by Crippen LogP contribution is -2.53. The number of rotatable bonds is 4. The Labute approximate surface area is 115 Å². The first-order valence-corrected chi connectivity index (χ1v) is 6.93. The van der Waals surface area contributed by atoms with Gasteiger partial charge in [-0.15, -0.1) is 0 Å². The van der Waals surface area contributed by atoms with Crippen LogP contribution in [-0.2, 0) is 4.79 Å². The van der Waals surface area contributed by atoms with Crippen LogP contribution in [0.1, 0.15) is 39.2 Å². The summed E-state index contributed by atoms with van der Waals surface area (Å²) >= 11 is 3.36. The minimum Gasteiger partial charge on any atom is -0.480 e. The van der Waals surface area contributed by atoms with Gasteiger partial charge in [-0.05, 0) is 49.0 Å². The van der Waals surface area contributed by atoms with Gasteiger partial charge in [-0.2, -0.15) is 5.10 Å². The van der Waals surface area contributed by atoms with E-state index in [0.717, 1.165) is 10.9 Å². The predicted octanol–water partition coefficient (Wildman–Crippen LogP) is 2.19. The number of carbonyl (C=O) groups is 1. The quantitative estimate of drug-likeness (QED) is 0.893. The average Bonchev–Trinajstić information content (AvgIpc) is 2.84. The molecule has 1 heterocycles. The molecule has 0 aromatic carbocycles. The topological polar surface area (TPSA) is 67.2 Å². The number of carboxylic acid groups (broad SMARTS) is 1. The van der Waals surface area contributed by atoms with Gasteiger partial charge in [0, 0.05) is 12.2 Å². The zero-order valence-corrected chi connectivity index (χ0v) is 12.1. The Kier molecular flexibility index (Phi) is 3.77. The molecule has 0 saturated heterocycles. The van der Waals surface area contributed by atoms with E-state index >= 15 is 0 Å². The molecule has 1 aliphatic carbocycles. The Hall–Kier alpha value is -0.880. The normalized spacial score (nSPS) is 27.9. The zero-order chi connectivity index (χ0) is 13.3. The standard InChI is InChI=1S/C12H18BrN3O2/c1-8(2)15-12(11(17)18)4-3-10(5-12)16-7-9(13)6-14-16/h6-8,10,15H,3-5H2,1-2H3,(H,17,18). The Morgan fingerprint density at radius 3 is 2.94 bits per heavy atom. The molecule has 6 heteroatoms. The Bertz CT molecular complexity index is 446. The van der Waals surface area contributed by atoms with Gasteiger partial charge in [-0.25, -0.2) is 0 Å². The van der Waals surface area contributed by atoms with E-state index in [0.29, 0.717) is 12.8 Å². The molecule has 1 aliphatic rings. The van der Waals surface area contributed by atoms with Crippen molar-refractivity contribution in [1.82, 2.24) is 15.1 Å². The van der Waals surface area contributed by atoms with E-state index in [1.165, 1.54) is 0 Å². The van der Waals surface area contributed by atoms with E-state index < -0.39 is 11.5 Å². The monoisotopic (exact) mass is 315 g/mol. The second kappa shape index (κ2) is 5.01. The minimum absolute atomic E-state index is 0.152. The molecule has 2 N–H and O–H groups in total. The summed E-state index contributed by atoms with van der Waals surface area (Å²) in [6.07, 6.45) is 5.69. The van der Waals surface area contributed by atoms with E-state index in [1.54, 1.807) is 6.20 Å². The molecule has 1 saturated carbocycles. The van der Waals surface area contributed by atoms with Crippen LogP contribution in [0.3, 0.4) is 0 Å². The maximum atomic E-state index is 11.5. The van der Waals surface area contributed by atoms with E-state index in [4.69, 9.17) is 0 Å². The van der Waals surface area contributed by atoms with Gasteiger partial charge in [-0.1, -0.05) is 0 Å². The van der Waals surface area contributed by atoms with Crippen molar-refractivity contribution in [3.63, 3.8) is 0 Å². The third kappa shape index (κ3) is 2.59. The highest BCUT2D eigenvalue weighted by atomic mass is 79.9. The van der Waals surface area contributed by atoms with Crippen molar-refractivity contribution in [2.45, 2.75) is 50.7 Å². The fraction of sp³-hybridized carbons (Fsp3) is 0.667. The van der Waals surface area contributed by atoms with Crippen LogP contribution >= 0.6 is 15.9 Å². The van der Waals surface area contributed by atoms with E-state index in [1.807, 2.05) is 24.7 Å². The van der Waals surface area contributed by atoms with Crippen LogP contribution in [0.4, 0.5) is 0 Å². The van der Waals surface area contributed by atoms with Crippen LogP contribution in [-0.4, -0.2) is 32.4 Å². The highest BCUT2D eigenvalue weighted by Gasteiger charge is 2.46. The van der Waals surface area contributed by atoms with Crippen molar-refractivity contribution in [2.24, 2.45) is 0 Å². The number of carboxylic acids is 1. The van der Waals surface area contributed by atoms with Gasteiger partial charge in [0.2, 0.25) is 0 Å². The van der Waals surface area contributed by atoms with Gasteiger partial charge in [0.15, 0.2) is 0 Å². The van der Waals surface area contributed by atoms with Crippen molar-refractivity contribution in [3.8, 4) is 0 Å². The fourth-order valence-corrected chi connectivity index (χ4v) is 3.00. The number of hydrogen-bond donors (Lipinski definition) is 2. The molecule has 100 valence electrons. The molecule has 2 atom stereocenters. The molecule has 1 aromatic rings. The zero-order valence-electron chi connectivity index (χ0n) is 10.6. The predicted molar refractivity (Wildman–Crippen MR) is 71.5 cm³/mol. The Morgan fingerprint density at radius 1 is 1.72 bits per heavy atom. The summed E-state index contributed by atoms with van der Waals surface area (Å²) in [7, 11) is 0. The van der Waals surface area contributed by atoms with Crippen molar-refractivity contribution in [2.75, 3.05) is 0 Å². The molecule has 2 rings (SSSR count). The van der Waals surface area contributed by atoms with E-state index in [2.05, 4.69) is 26.3 Å². The first-order chi connectivity index (χ1) is 8.43. The molecular formula is C12H18BrN3O2. The third-order valence-corrected chi connectivity index (χ3v) is 3.82. The lowest BCUT2D eigenvalue weighted by Gasteiger charge is -2.28. The molecule has 1 fully saturated rings. The molecule has 0 amide bonds. The molecule has 0 spiro atoms. The summed E-state index contributed by atoms with van der Waals surface area (Å²) in [4.78, 5) is 11.5. The Morgan fingerprint density at radius 2 is 2.44 bits per heavy atom. The summed E-state index contributed by atoms with van der Waals surface area (Å²) < 4.78 is 2.78. The van der Waals surface area contributed by atoms with E-state index in [-0.39, 0.29) is 12.1 Å². The molecule has 18 heavy (non-hydrogen) atoms. The maximum absolute atomic E-state index is 11.5. The highest BCUT2D eigenvalue weighted by Crippen LogP contribution is 2.38. The summed E-state index contributed by atoms with van der Waals surface area (Å²) in [5.41, 5.74) is -0.808. The fourth-order valence-electron chi connectivity index (χ4n) is 2.70. The lowest BCUT2D eigenvalue weighted by atomic mass is 9.96. The first kappa shape index (κ1) is 13.5. The molecular weight excluding hydrogens is 298 g/mol. The minimum atomic E-state index is -0.808. The van der Waals surface area contributed by atoms with Crippen LogP contribution in [0.25, 0.3) is 0 Å². The maximum Gasteiger partial charge on any atom is 0.323 e. The van der Waals surface area contributed by atoms with Gasteiger partial charge in [0.05, 0.1) is 16.7 Å². The Balaban J connectivity index is 2.15. The largest absolute Gasteiger partial charge is 0.480 e. The number of aromatic nitrogens is 2. The second-order valence-electron chi connectivity index (χ2n) is 5.22. The molecule has 2 unspecified atom stereocenters. The smallest absolute Gasteiger partial charge is 0.323 e. The van der Waals surface area contributed by atoms with Crippen molar-refractivity contribution in [3.05, 3.63) is 16.9 Å². The van der Waals surface area contributed by atoms with Gasteiger partial charge in [0.1, 0.15) is 5.54 Å². The van der Waals surface area contributed by atoms with Crippen LogP contribution in [0.15, 0.2) is 16.9 Å². The van der Waals surface area contributed by atoms with E-state index in [9.17, 15) is 9.90 Å². The van der Waals surface area contributed by atoms with Crippen LogP contribution in [0, 0.1) is 0 Å². The molecule has 0 aliphatic heterocycles. The van der Waals surface area contributed by atoms with Gasteiger partial charge >= 0.3 is 5.97 Å².